The summed E-state index contributed by atoms with van der Waals surface area (Å²) in [6.07, 6.45) is 5.98. The predicted octanol–water partition coefficient (Wildman–Crippen LogP) is 15.8. The summed E-state index contributed by atoms with van der Waals surface area (Å²) in [6, 6.07) is 68.7. The highest BCUT2D eigenvalue weighted by molar-refractivity contribution is 7.99. The molecule has 1 spiro atoms. The van der Waals surface area contributed by atoms with Crippen LogP contribution in [0.15, 0.2) is 187 Å². The third-order valence-corrected chi connectivity index (χ3v) is 14.1. The van der Waals surface area contributed by atoms with E-state index in [4.69, 9.17) is 0 Å². The van der Waals surface area contributed by atoms with Crippen LogP contribution in [0.1, 0.15) is 67.3 Å². The first-order valence-electron chi connectivity index (χ1n) is 21.8. The molecule has 11 rings (SSSR count). The number of nitrogens with zero attached hydrogens (tertiary/aromatic N) is 2. The van der Waals surface area contributed by atoms with Crippen LogP contribution in [0.25, 0.3) is 49.7 Å². The van der Waals surface area contributed by atoms with Crippen LogP contribution in [-0.2, 0) is 11.8 Å². The van der Waals surface area contributed by atoms with E-state index < -0.39 is 5.41 Å². The Hall–Kier alpha value is -6.29. The maximum Gasteiger partial charge on any atom is 0.0726 e. The fourth-order valence-electron chi connectivity index (χ4n) is 10.3. The van der Waals surface area contributed by atoms with Crippen molar-refractivity contribution in [2.45, 2.75) is 56.3 Å². The highest BCUT2D eigenvalue weighted by Crippen LogP contribution is 2.63. The Morgan fingerprint density at radius 1 is 0.467 bits per heavy atom. The van der Waals surface area contributed by atoms with Crippen LogP contribution in [0.3, 0.4) is 0 Å². The van der Waals surface area contributed by atoms with Crippen LogP contribution in [0.4, 0.5) is 17.1 Å². The van der Waals surface area contributed by atoms with E-state index in [2.05, 4.69) is 205 Å². The number of benzene rings is 8. The van der Waals surface area contributed by atoms with Crippen LogP contribution in [0, 0.1) is 0 Å². The molecule has 292 valence electrons. The fourth-order valence-corrected chi connectivity index (χ4v) is 11.3. The van der Waals surface area contributed by atoms with Gasteiger partial charge in [-0.05, 0) is 154 Å². The Bertz CT molecular complexity index is 2980. The Morgan fingerprint density at radius 2 is 1.02 bits per heavy atom. The van der Waals surface area contributed by atoms with Crippen LogP contribution >= 0.6 is 11.8 Å². The van der Waals surface area contributed by atoms with Gasteiger partial charge < -0.3 is 9.47 Å². The van der Waals surface area contributed by atoms with Crippen molar-refractivity contribution in [1.82, 2.24) is 4.57 Å². The number of unbranched alkanes of at least 4 members (excludes halogenated alkanes) is 2. The number of hydrogen-bond acceptors (Lipinski definition) is 2. The highest BCUT2D eigenvalue weighted by atomic mass is 32.2. The number of thioether (sulfide) groups is 1. The summed E-state index contributed by atoms with van der Waals surface area (Å²) in [5, 5.41) is 2.68. The molecule has 8 aromatic carbocycles. The molecule has 9 aromatic rings. The van der Waals surface area contributed by atoms with Crippen molar-refractivity contribution in [3.8, 4) is 27.9 Å². The highest BCUT2D eigenvalue weighted by Gasteiger charge is 2.51. The van der Waals surface area contributed by atoms with Gasteiger partial charge in [0.05, 0.1) is 16.4 Å². The zero-order valence-corrected chi connectivity index (χ0v) is 35.2. The lowest BCUT2D eigenvalue weighted by atomic mass is 9.70. The standard InChI is InChI=1S/C57H48N2S/c1-3-5-16-39-25-33-55-49(36-39)50-38-44(60-35-6-4-2)31-34-56(50)59(55)42-28-26-41(27-29-42)58(40-17-8-7-9-18-40)43-30-32-48-47-21-12-15-24-53(47)57(54(48)37-43)51-22-13-10-19-45(51)46-20-11-14-23-52(46)57/h7-15,17-34,36-38H,3-6,16,35H2,1-2H3. The average Bonchev–Trinajstić information content (AvgIpc) is 3.90. The Labute approximate surface area is 358 Å². The van der Waals surface area contributed by atoms with Gasteiger partial charge in [0.1, 0.15) is 0 Å². The van der Waals surface area contributed by atoms with Crippen molar-refractivity contribution >= 4 is 50.6 Å². The van der Waals surface area contributed by atoms with Crippen molar-refractivity contribution in [3.63, 3.8) is 0 Å². The molecule has 0 saturated heterocycles. The molecule has 3 heteroatoms. The van der Waals surface area contributed by atoms with Crippen LogP contribution in [-0.4, -0.2) is 10.3 Å². The minimum absolute atomic E-state index is 0.400. The van der Waals surface area contributed by atoms with Crippen molar-refractivity contribution in [2.75, 3.05) is 10.7 Å². The fraction of sp³-hybridized carbons (Fsp3) is 0.158. The van der Waals surface area contributed by atoms with E-state index in [0.717, 1.165) is 29.2 Å². The molecule has 0 bridgehead atoms. The van der Waals surface area contributed by atoms with Gasteiger partial charge >= 0.3 is 0 Å². The van der Waals surface area contributed by atoms with E-state index in [9.17, 15) is 0 Å². The van der Waals surface area contributed by atoms with Crippen LogP contribution in [0.5, 0.6) is 0 Å². The summed E-state index contributed by atoms with van der Waals surface area (Å²) in [6.45, 7) is 4.55. The molecule has 0 radical (unpaired) electrons. The first kappa shape index (κ1) is 36.8. The maximum atomic E-state index is 2.48. The van der Waals surface area contributed by atoms with Gasteiger partial charge in [0, 0.05) is 38.4 Å². The van der Waals surface area contributed by atoms with Gasteiger partial charge in [0.25, 0.3) is 0 Å². The molecule has 2 aliphatic carbocycles. The van der Waals surface area contributed by atoms with Gasteiger partial charge in [-0.3, -0.25) is 0 Å². The number of anilines is 3. The molecular formula is C57H48N2S. The molecule has 0 fully saturated rings. The second-order valence-corrected chi connectivity index (χ2v) is 17.6. The molecule has 1 heterocycles. The lowest BCUT2D eigenvalue weighted by Crippen LogP contribution is -2.26. The molecule has 0 N–H and O–H groups in total. The summed E-state index contributed by atoms with van der Waals surface area (Å²) in [5.41, 5.74) is 18.8. The van der Waals surface area contributed by atoms with E-state index in [1.165, 1.54) is 108 Å². The normalized spacial score (nSPS) is 13.1. The second kappa shape index (κ2) is 15.1. The molecule has 60 heavy (non-hydrogen) atoms. The van der Waals surface area contributed by atoms with Gasteiger partial charge in [-0.15, -0.1) is 11.8 Å². The van der Waals surface area contributed by atoms with Crippen molar-refractivity contribution in [1.29, 1.82) is 0 Å². The molecule has 2 nitrogen and oxygen atoms in total. The number of fused-ring (bicyclic) bond motifs is 13. The zero-order chi connectivity index (χ0) is 40.2. The minimum Gasteiger partial charge on any atom is -0.310 e. The van der Waals surface area contributed by atoms with Crippen molar-refractivity contribution in [2.24, 2.45) is 0 Å². The molecule has 2 aliphatic rings. The molecular weight excluding hydrogens is 745 g/mol. The monoisotopic (exact) mass is 792 g/mol. The molecule has 0 aliphatic heterocycles. The number of aryl methyl sites for hydroxylation is 1. The van der Waals surface area contributed by atoms with E-state index in [1.54, 1.807) is 0 Å². The summed E-state index contributed by atoms with van der Waals surface area (Å²) >= 11 is 1.98. The predicted molar refractivity (Wildman–Crippen MR) is 256 cm³/mol. The van der Waals surface area contributed by atoms with Crippen LogP contribution < -0.4 is 4.90 Å². The quantitative estimate of drug-likeness (QED) is 0.0952. The van der Waals surface area contributed by atoms with Crippen molar-refractivity contribution < 1.29 is 0 Å². The smallest absolute Gasteiger partial charge is 0.0726 e. The topological polar surface area (TPSA) is 8.17 Å². The molecule has 0 amide bonds. The molecule has 1 aromatic heterocycles. The van der Waals surface area contributed by atoms with Gasteiger partial charge in [0.2, 0.25) is 0 Å². The third-order valence-electron chi connectivity index (χ3n) is 13.0. The summed E-state index contributed by atoms with van der Waals surface area (Å²) in [7, 11) is 0. The lowest BCUT2D eigenvalue weighted by Gasteiger charge is -2.32. The first-order valence-corrected chi connectivity index (χ1v) is 22.8. The summed E-state index contributed by atoms with van der Waals surface area (Å²) < 4.78 is 2.47. The van der Waals surface area contributed by atoms with Gasteiger partial charge in [0.15, 0.2) is 0 Å². The molecule has 0 atom stereocenters. The average molecular weight is 793 g/mol. The maximum absolute atomic E-state index is 2.48. The SMILES string of the molecule is CCCCSc1ccc2c(c1)c1cc(CCCC)ccc1n2-c1ccc(N(c2ccccc2)c2ccc3c(c2)C2(c4ccccc4-c4ccccc42)c2ccccc2-3)cc1. The van der Waals surface area contributed by atoms with E-state index in [1.807, 2.05) is 11.8 Å². The second-order valence-electron chi connectivity index (χ2n) is 16.5. The van der Waals surface area contributed by atoms with E-state index >= 15 is 0 Å². The molecule has 0 saturated carbocycles. The van der Waals surface area contributed by atoms with Gasteiger partial charge in [-0.2, -0.15) is 0 Å². The number of hydrogen-bond donors (Lipinski definition) is 0. The number of para-hydroxylation sites is 1. The number of rotatable bonds is 11. The third kappa shape index (κ3) is 5.70. The van der Waals surface area contributed by atoms with Gasteiger partial charge in [-0.25, -0.2) is 0 Å². The van der Waals surface area contributed by atoms with Crippen LogP contribution in [0.2, 0.25) is 0 Å². The van der Waals surface area contributed by atoms with E-state index in [-0.39, 0.29) is 0 Å². The Balaban J connectivity index is 1.06. The van der Waals surface area contributed by atoms with Crippen molar-refractivity contribution in [3.05, 3.63) is 210 Å². The number of aromatic nitrogens is 1. The Morgan fingerprint density at radius 3 is 1.67 bits per heavy atom. The Kier molecular flexibility index (Phi) is 9.23. The first-order chi connectivity index (χ1) is 29.7. The summed E-state index contributed by atoms with van der Waals surface area (Å²) in [5.74, 6) is 1.15. The minimum atomic E-state index is -0.400. The molecule has 0 unspecified atom stereocenters. The summed E-state index contributed by atoms with van der Waals surface area (Å²) in [4.78, 5) is 3.78. The largest absolute Gasteiger partial charge is 0.310 e. The zero-order valence-electron chi connectivity index (χ0n) is 34.4. The lowest BCUT2D eigenvalue weighted by molar-refractivity contribution is 0.793. The van der Waals surface area contributed by atoms with E-state index in [0.29, 0.717) is 0 Å². The van der Waals surface area contributed by atoms with Gasteiger partial charge in [-0.1, -0.05) is 130 Å².